The van der Waals surface area contributed by atoms with Crippen LogP contribution in [0.25, 0.3) is 0 Å². The molecule has 1 aromatic carbocycles. The highest BCUT2D eigenvalue weighted by Gasteiger charge is 2.18. The predicted molar refractivity (Wildman–Crippen MR) is 139 cm³/mol. The Labute approximate surface area is 205 Å². The first-order valence-corrected chi connectivity index (χ1v) is 11.8. The van der Waals surface area contributed by atoms with Gasteiger partial charge in [0.25, 0.3) is 0 Å². The molecule has 1 heterocycles. The third-order valence-corrected chi connectivity index (χ3v) is 5.87. The van der Waals surface area contributed by atoms with Gasteiger partial charge in [0.2, 0.25) is 0 Å². The number of rotatable bonds is 10. The van der Waals surface area contributed by atoms with Crippen LogP contribution in [0.5, 0.6) is 5.75 Å². The van der Waals surface area contributed by atoms with Crippen molar-refractivity contribution in [3.8, 4) is 5.75 Å². The van der Waals surface area contributed by atoms with Gasteiger partial charge < -0.3 is 20.1 Å². The summed E-state index contributed by atoms with van der Waals surface area (Å²) in [5.41, 5.74) is 2.40. The van der Waals surface area contributed by atoms with Crippen molar-refractivity contribution in [2.75, 3.05) is 45.9 Å². The normalized spacial score (nSPS) is 17.9. The largest absolute Gasteiger partial charge is 0.490 e. The maximum atomic E-state index is 6.33. The Hall–Kier alpha value is -1.06. The molecule has 0 amide bonds. The first kappa shape index (κ1) is 26.2. The van der Waals surface area contributed by atoms with E-state index in [1.54, 1.807) is 0 Å². The molecular weight excluding hydrogens is 503 g/mol. The summed E-state index contributed by atoms with van der Waals surface area (Å²) in [6.07, 6.45) is 7.61. The number of morpholine rings is 1. The van der Waals surface area contributed by atoms with E-state index in [0.717, 1.165) is 69.6 Å². The Balaban J connectivity index is 0.00000341. The number of aryl methyl sites for hydroxylation is 1. The van der Waals surface area contributed by atoms with Gasteiger partial charge in [0.1, 0.15) is 5.75 Å². The zero-order valence-corrected chi connectivity index (χ0v) is 21.7. The van der Waals surface area contributed by atoms with Crippen molar-refractivity contribution >= 4 is 29.9 Å². The van der Waals surface area contributed by atoms with Crippen LogP contribution in [0.4, 0.5) is 0 Å². The Morgan fingerprint density at radius 2 is 1.94 bits per heavy atom. The van der Waals surface area contributed by atoms with Crippen LogP contribution in [0.2, 0.25) is 0 Å². The Kier molecular flexibility index (Phi) is 12.6. The van der Waals surface area contributed by atoms with Gasteiger partial charge in [0, 0.05) is 31.7 Å². The van der Waals surface area contributed by atoms with Crippen LogP contribution in [0.15, 0.2) is 23.2 Å². The minimum absolute atomic E-state index is 0. The van der Waals surface area contributed by atoms with E-state index in [4.69, 9.17) is 14.5 Å². The Morgan fingerprint density at radius 3 is 2.68 bits per heavy atom. The molecule has 2 aliphatic rings. The second-order valence-electron chi connectivity index (χ2n) is 8.42. The van der Waals surface area contributed by atoms with E-state index < -0.39 is 0 Å². The van der Waals surface area contributed by atoms with Gasteiger partial charge in [-0.3, -0.25) is 4.90 Å². The summed E-state index contributed by atoms with van der Waals surface area (Å²) in [6, 6.07) is 6.47. The van der Waals surface area contributed by atoms with Gasteiger partial charge >= 0.3 is 0 Å². The SMILES string of the molecule is CCNC(=NCc1ccc(C)cc1OC1CCCC1)NCCCCN1CCOCC1.I. The fourth-order valence-electron chi connectivity index (χ4n) is 4.09. The number of hydrogen-bond donors (Lipinski definition) is 2. The second kappa shape index (κ2) is 14.9. The first-order valence-electron chi connectivity index (χ1n) is 11.8. The molecule has 1 aliphatic carbocycles. The van der Waals surface area contributed by atoms with Crippen molar-refractivity contribution in [2.24, 2.45) is 4.99 Å². The summed E-state index contributed by atoms with van der Waals surface area (Å²) in [6.45, 7) is 11.7. The highest BCUT2D eigenvalue weighted by atomic mass is 127. The predicted octanol–water partition coefficient (Wildman–Crippen LogP) is 4.10. The number of halogens is 1. The molecule has 0 radical (unpaired) electrons. The van der Waals surface area contributed by atoms with Gasteiger partial charge in [-0.1, -0.05) is 12.1 Å². The minimum atomic E-state index is 0. The number of ether oxygens (including phenoxy) is 2. The zero-order valence-electron chi connectivity index (χ0n) is 19.3. The van der Waals surface area contributed by atoms with E-state index >= 15 is 0 Å². The van der Waals surface area contributed by atoms with Crippen LogP contribution in [-0.4, -0.2) is 62.9 Å². The summed E-state index contributed by atoms with van der Waals surface area (Å²) >= 11 is 0. The third-order valence-electron chi connectivity index (χ3n) is 5.87. The number of unbranched alkanes of at least 4 members (excludes halogenated alkanes) is 1. The molecule has 1 saturated heterocycles. The van der Waals surface area contributed by atoms with Gasteiger partial charge in [-0.05, 0) is 70.5 Å². The molecule has 6 nitrogen and oxygen atoms in total. The number of nitrogens with zero attached hydrogens (tertiary/aromatic N) is 2. The van der Waals surface area contributed by atoms with Gasteiger partial charge in [-0.25, -0.2) is 4.99 Å². The van der Waals surface area contributed by atoms with E-state index in [2.05, 4.69) is 47.6 Å². The lowest BCUT2D eigenvalue weighted by Gasteiger charge is -2.26. The summed E-state index contributed by atoms with van der Waals surface area (Å²) in [5.74, 6) is 1.89. The van der Waals surface area contributed by atoms with E-state index in [-0.39, 0.29) is 24.0 Å². The van der Waals surface area contributed by atoms with Gasteiger partial charge in [-0.2, -0.15) is 0 Å². The molecular formula is C24H41IN4O2. The van der Waals surface area contributed by atoms with E-state index in [1.165, 1.54) is 37.7 Å². The quantitative estimate of drug-likeness (QED) is 0.201. The molecule has 0 bridgehead atoms. The number of aliphatic imine (C=N–C) groups is 1. The topological polar surface area (TPSA) is 58.1 Å². The highest BCUT2D eigenvalue weighted by molar-refractivity contribution is 14.0. The molecule has 0 spiro atoms. The molecule has 0 unspecified atom stereocenters. The molecule has 1 aromatic rings. The van der Waals surface area contributed by atoms with Gasteiger partial charge in [0.05, 0.1) is 25.9 Å². The zero-order chi connectivity index (χ0) is 21.0. The van der Waals surface area contributed by atoms with Crippen LogP contribution >= 0.6 is 24.0 Å². The van der Waals surface area contributed by atoms with Crippen molar-refractivity contribution in [3.63, 3.8) is 0 Å². The summed E-state index contributed by atoms with van der Waals surface area (Å²) in [5, 5.41) is 6.86. The molecule has 2 fully saturated rings. The summed E-state index contributed by atoms with van der Waals surface area (Å²) in [4.78, 5) is 7.32. The lowest BCUT2D eigenvalue weighted by molar-refractivity contribution is 0.0372. The average molecular weight is 545 g/mol. The maximum absolute atomic E-state index is 6.33. The molecule has 1 saturated carbocycles. The second-order valence-corrected chi connectivity index (χ2v) is 8.42. The molecule has 0 aromatic heterocycles. The minimum Gasteiger partial charge on any atom is -0.490 e. The lowest BCUT2D eigenvalue weighted by Crippen LogP contribution is -2.39. The van der Waals surface area contributed by atoms with Gasteiger partial charge in [-0.15, -0.1) is 24.0 Å². The third kappa shape index (κ3) is 9.53. The van der Waals surface area contributed by atoms with Crippen LogP contribution in [-0.2, 0) is 11.3 Å². The van der Waals surface area contributed by atoms with E-state index in [9.17, 15) is 0 Å². The molecule has 1 aliphatic heterocycles. The smallest absolute Gasteiger partial charge is 0.191 e. The fourth-order valence-corrected chi connectivity index (χ4v) is 4.09. The lowest BCUT2D eigenvalue weighted by atomic mass is 10.1. The number of benzene rings is 1. The highest BCUT2D eigenvalue weighted by Crippen LogP contribution is 2.28. The number of nitrogens with one attached hydrogen (secondary N) is 2. The van der Waals surface area contributed by atoms with Gasteiger partial charge in [0.15, 0.2) is 5.96 Å². The molecule has 31 heavy (non-hydrogen) atoms. The molecule has 7 heteroatoms. The fraction of sp³-hybridized carbons (Fsp3) is 0.708. The van der Waals surface area contributed by atoms with Crippen LogP contribution in [0, 0.1) is 6.92 Å². The first-order chi connectivity index (χ1) is 14.7. The van der Waals surface area contributed by atoms with Crippen molar-refractivity contribution in [1.82, 2.24) is 15.5 Å². The molecule has 3 rings (SSSR count). The van der Waals surface area contributed by atoms with E-state index in [1.807, 2.05) is 0 Å². The summed E-state index contributed by atoms with van der Waals surface area (Å²) < 4.78 is 11.7. The maximum Gasteiger partial charge on any atom is 0.191 e. The monoisotopic (exact) mass is 544 g/mol. The number of hydrogen-bond acceptors (Lipinski definition) is 4. The molecule has 0 atom stereocenters. The standard InChI is InChI=1S/C24H40N4O2.HI/c1-3-25-24(26-12-6-7-13-28-14-16-29-17-15-28)27-19-21-11-10-20(2)18-23(21)30-22-8-4-5-9-22;/h10-11,18,22H,3-9,12-17,19H2,1-2H3,(H2,25,26,27);1H. The molecule has 176 valence electrons. The van der Waals surface area contributed by atoms with Crippen molar-refractivity contribution in [3.05, 3.63) is 29.3 Å². The van der Waals surface area contributed by atoms with Crippen molar-refractivity contribution in [2.45, 2.75) is 65.0 Å². The van der Waals surface area contributed by atoms with Crippen LogP contribution in [0.3, 0.4) is 0 Å². The van der Waals surface area contributed by atoms with Crippen LogP contribution < -0.4 is 15.4 Å². The molecule has 2 N–H and O–H groups in total. The van der Waals surface area contributed by atoms with Crippen molar-refractivity contribution < 1.29 is 9.47 Å². The Bertz CT molecular complexity index is 659. The van der Waals surface area contributed by atoms with E-state index in [0.29, 0.717) is 12.6 Å². The number of guanidine groups is 1. The average Bonchev–Trinajstić information content (AvgIpc) is 3.26. The summed E-state index contributed by atoms with van der Waals surface area (Å²) in [7, 11) is 0. The Morgan fingerprint density at radius 1 is 1.16 bits per heavy atom. The van der Waals surface area contributed by atoms with Crippen LogP contribution in [0.1, 0.15) is 56.6 Å². The van der Waals surface area contributed by atoms with Crippen molar-refractivity contribution in [1.29, 1.82) is 0 Å².